The van der Waals surface area contributed by atoms with Gasteiger partial charge in [0.1, 0.15) is 6.04 Å². The molecule has 2 aromatic rings. The zero-order valence-electron chi connectivity index (χ0n) is 14.9. The van der Waals surface area contributed by atoms with Gasteiger partial charge < -0.3 is 4.74 Å². The average molecular weight is 364 g/mol. The highest BCUT2D eigenvalue weighted by Gasteiger charge is 2.61. The van der Waals surface area contributed by atoms with Crippen molar-refractivity contribution in [2.45, 2.75) is 19.0 Å². The number of rotatable bonds is 4. The monoisotopic (exact) mass is 364 g/mol. The van der Waals surface area contributed by atoms with Gasteiger partial charge in [0, 0.05) is 6.04 Å². The van der Waals surface area contributed by atoms with Crippen molar-refractivity contribution in [3.8, 4) is 0 Å². The normalized spacial score (nSPS) is 26.9. The molecular weight excluding hydrogens is 344 g/mol. The van der Waals surface area contributed by atoms with Gasteiger partial charge in [-0.05, 0) is 24.6 Å². The van der Waals surface area contributed by atoms with Crippen LogP contribution in [0.3, 0.4) is 0 Å². The molecule has 6 heteroatoms. The summed E-state index contributed by atoms with van der Waals surface area (Å²) in [7, 11) is 0. The van der Waals surface area contributed by atoms with Crippen LogP contribution in [-0.2, 0) is 19.1 Å². The number of benzene rings is 2. The lowest BCUT2D eigenvalue weighted by molar-refractivity contribution is -0.148. The SMILES string of the molecule is CCOC(=O)[C@@H]1N[C@H](c2ccccc2)[C@@H]2C(=O)N(c3ccccc3)C(=O)[C@@H]21. The first-order valence-corrected chi connectivity index (χ1v) is 9.04. The second-order valence-electron chi connectivity index (χ2n) is 6.68. The third-order valence-corrected chi connectivity index (χ3v) is 5.19. The molecule has 2 aliphatic rings. The maximum absolute atomic E-state index is 13.2. The topological polar surface area (TPSA) is 75.7 Å². The lowest BCUT2D eigenvalue weighted by atomic mass is 9.86. The van der Waals surface area contributed by atoms with Gasteiger partial charge in [-0.15, -0.1) is 0 Å². The largest absolute Gasteiger partial charge is 0.465 e. The molecule has 0 aromatic heterocycles. The summed E-state index contributed by atoms with van der Waals surface area (Å²) in [6.07, 6.45) is 0. The Kier molecular flexibility index (Phi) is 4.49. The summed E-state index contributed by atoms with van der Waals surface area (Å²) < 4.78 is 5.16. The van der Waals surface area contributed by atoms with E-state index < -0.39 is 29.9 Å². The van der Waals surface area contributed by atoms with Gasteiger partial charge in [0.25, 0.3) is 0 Å². The molecule has 0 aliphatic carbocycles. The highest BCUT2D eigenvalue weighted by Crippen LogP contribution is 2.45. The van der Waals surface area contributed by atoms with Crippen LogP contribution in [0.15, 0.2) is 60.7 Å². The summed E-state index contributed by atoms with van der Waals surface area (Å²) >= 11 is 0. The molecule has 0 unspecified atom stereocenters. The molecule has 1 N–H and O–H groups in total. The van der Waals surface area contributed by atoms with Crippen LogP contribution < -0.4 is 10.2 Å². The molecule has 2 saturated heterocycles. The minimum absolute atomic E-state index is 0.217. The lowest BCUT2D eigenvalue weighted by Crippen LogP contribution is -2.44. The molecule has 2 aliphatic heterocycles. The van der Waals surface area contributed by atoms with Crippen LogP contribution in [0.2, 0.25) is 0 Å². The zero-order chi connectivity index (χ0) is 19.0. The van der Waals surface area contributed by atoms with Gasteiger partial charge in [0.15, 0.2) is 0 Å². The Hall–Kier alpha value is -2.99. The van der Waals surface area contributed by atoms with Gasteiger partial charge in [-0.1, -0.05) is 48.5 Å². The van der Waals surface area contributed by atoms with Crippen molar-refractivity contribution in [1.82, 2.24) is 5.32 Å². The Morgan fingerprint density at radius 2 is 1.56 bits per heavy atom. The number of imide groups is 1. The lowest BCUT2D eigenvalue weighted by Gasteiger charge is -2.22. The van der Waals surface area contributed by atoms with Gasteiger partial charge >= 0.3 is 5.97 Å². The molecule has 4 atom stereocenters. The predicted octanol–water partition coefficient (Wildman–Crippen LogP) is 2.07. The van der Waals surface area contributed by atoms with E-state index >= 15 is 0 Å². The molecule has 27 heavy (non-hydrogen) atoms. The van der Waals surface area contributed by atoms with Crippen molar-refractivity contribution in [3.05, 3.63) is 66.2 Å². The zero-order valence-corrected chi connectivity index (χ0v) is 14.9. The Bertz CT molecular complexity index is 868. The van der Waals surface area contributed by atoms with Crippen LogP contribution >= 0.6 is 0 Å². The van der Waals surface area contributed by atoms with E-state index in [0.29, 0.717) is 5.69 Å². The average Bonchev–Trinajstić information content (AvgIpc) is 3.21. The van der Waals surface area contributed by atoms with E-state index in [1.165, 1.54) is 4.90 Å². The number of hydrogen-bond donors (Lipinski definition) is 1. The molecule has 2 aromatic carbocycles. The first kappa shape index (κ1) is 17.4. The number of nitrogens with one attached hydrogen (secondary N) is 1. The second kappa shape index (κ2) is 6.96. The maximum Gasteiger partial charge on any atom is 0.324 e. The van der Waals surface area contributed by atoms with Crippen molar-refractivity contribution in [2.75, 3.05) is 11.5 Å². The highest BCUT2D eigenvalue weighted by atomic mass is 16.5. The number of nitrogens with zero attached hydrogens (tertiary/aromatic N) is 1. The summed E-state index contributed by atoms with van der Waals surface area (Å²) in [5, 5.41) is 3.18. The standard InChI is InChI=1S/C21H20N2O4/c1-2-27-21(26)18-16-15(17(22-18)13-9-5-3-6-10-13)19(24)23(20(16)25)14-11-7-4-8-12-14/h3-12,15-18,22H,2H2,1H3/t15-,16+,17-,18-/m1/s1. The first-order valence-electron chi connectivity index (χ1n) is 9.04. The van der Waals surface area contributed by atoms with Crippen LogP contribution in [0.4, 0.5) is 5.69 Å². The molecule has 6 nitrogen and oxygen atoms in total. The van der Waals surface area contributed by atoms with Gasteiger partial charge in [-0.25, -0.2) is 4.90 Å². The number of fused-ring (bicyclic) bond motifs is 1. The Morgan fingerprint density at radius 3 is 2.19 bits per heavy atom. The molecule has 2 heterocycles. The number of para-hydroxylation sites is 1. The quantitative estimate of drug-likeness (QED) is 0.664. The van der Waals surface area contributed by atoms with Crippen molar-refractivity contribution < 1.29 is 19.1 Å². The van der Waals surface area contributed by atoms with E-state index in [4.69, 9.17) is 4.74 Å². The van der Waals surface area contributed by atoms with Crippen LogP contribution in [-0.4, -0.2) is 30.4 Å². The Labute approximate surface area is 157 Å². The Balaban J connectivity index is 1.76. The summed E-state index contributed by atoms with van der Waals surface area (Å²) in [4.78, 5) is 40.1. The van der Waals surface area contributed by atoms with Crippen LogP contribution in [0.1, 0.15) is 18.5 Å². The maximum atomic E-state index is 13.2. The number of anilines is 1. The van der Waals surface area contributed by atoms with Crippen molar-refractivity contribution in [1.29, 1.82) is 0 Å². The fourth-order valence-corrected chi connectivity index (χ4v) is 4.06. The van der Waals surface area contributed by atoms with Gasteiger partial charge in [-0.3, -0.25) is 19.7 Å². The van der Waals surface area contributed by atoms with E-state index in [2.05, 4.69) is 5.32 Å². The number of esters is 1. The number of ether oxygens (including phenoxy) is 1. The molecule has 4 rings (SSSR count). The van der Waals surface area contributed by atoms with Crippen molar-refractivity contribution in [3.63, 3.8) is 0 Å². The van der Waals surface area contributed by atoms with E-state index in [1.807, 2.05) is 36.4 Å². The van der Waals surface area contributed by atoms with Crippen LogP contribution in [0, 0.1) is 11.8 Å². The summed E-state index contributed by atoms with van der Waals surface area (Å²) in [5.74, 6) is -2.57. The van der Waals surface area contributed by atoms with E-state index in [0.717, 1.165) is 5.56 Å². The molecule has 2 fully saturated rings. The fraction of sp³-hybridized carbons (Fsp3) is 0.286. The molecule has 138 valence electrons. The first-order chi connectivity index (χ1) is 13.1. The number of hydrogen-bond acceptors (Lipinski definition) is 5. The second-order valence-corrected chi connectivity index (χ2v) is 6.68. The highest BCUT2D eigenvalue weighted by molar-refractivity contribution is 6.23. The number of carbonyl (C=O) groups is 3. The summed E-state index contributed by atoms with van der Waals surface area (Å²) in [5.41, 5.74) is 1.40. The summed E-state index contributed by atoms with van der Waals surface area (Å²) in [6, 6.07) is 17.0. The predicted molar refractivity (Wildman–Crippen MR) is 98.7 cm³/mol. The van der Waals surface area contributed by atoms with E-state index in [-0.39, 0.29) is 18.4 Å². The van der Waals surface area contributed by atoms with Crippen LogP contribution in [0.5, 0.6) is 0 Å². The van der Waals surface area contributed by atoms with Crippen molar-refractivity contribution in [2.24, 2.45) is 11.8 Å². The Morgan fingerprint density at radius 1 is 0.963 bits per heavy atom. The third-order valence-electron chi connectivity index (χ3n) is 5.19. The molecular formula is C21H20N2O4. The van der Waals surface area contributed by atoms with Gasteiger partial charge in [0.2, 0.25) is 11.8 Å². The molecule has 0 spiro atoms. The summed E-state index contributed by atoms with van der Waals surface area (Å²) in [6.45, 7) is 1.94. The van der Waals surface area contributed by atoms with Gasteiger partial charge in [0.05, 0.1) is 24.1 Å². The van der Waals surface area contributed by atoms with Gasteiger partial charge in [-0.2, -0.15) is 0 Å². The molecule has 2 amide bonds. The van der Waals surface area contributed by atoms with E-state index in [1.54, 1.807) is 31.2 Å². The minimum atomic E-state index is -0.842. The fourth-order valence-electron chi connectivity index (χ4n) is 4.06. The van der Waals surface area contributed by atoms with Crippen LogP contribution in [0.25, 0.3) is 0 Å². The molecule has 0 radical (unpaired) electrons. The van der Waals surface area contributed by atoms with Crippen molar-refractivity contribution >= 4 is 23.5 Å². The minimum Gasteiger partial charge on any atom is -0.465 e. The number of amides is 2. The molecule has 0 saturated carbocycles. The van der Waals surface area contributed by atoms with E-state index in [9.17, 15) is 14.4 Å². The molecule has 0 bridgehead atoms. The third kappa shape index (κ3) is 2.82. The number of carbonyl (C=O) groups excluding carboxylic acids is 3. The smallest absolute Gasteiger partial charge is 0.324 e.